The number of rotatable bonds is 5. The van der Waals surface area contributed by atoms with E-state index in [-0.39, 0.29) is 17.8 Å². The normalized spacial score (nSPS) is 13.5. The highest BCUT2D eigenvalue weighted by Crippen LogP contribution is 2.13. The van der Waals surface area contributed by atoms with E-state index in [1.165, 1.54) is 12.1 Å². The molecule has 2 rings (SSSR count). The zero-order valence-electron chi connectivity index (χ0n) is 11.9. The number of hydrogen-bond donors (Lipinski definition) is 2. The van der Waals surface area contributed by atoms with E-state index < -0.39 is 6.04 Å². The van der Waals surface area contributed by atoms with Crippen LogP contribution in [0, 0.1) is 5.82 Å². The fourth-order valence-electron chi connectivity index (χ4n) is 2.12. The summed E-state index contributed by atoms with van der Waals surface area (Å²) in [5.41, 5.74) is 7.79. The number of benzene rings is 2. The summed E-state index contributed by atoms with van der Waals surface area (Å²) in [5, 5.41) is 2.85. The molecule has 3 N–H and O–H groups in total. The molecule has 0 radical (unpaired) electrons. The fraction of sp³-hybridized carbons (Fsp3) is 0.235. The molecule has 2 aromatic carbocycles. The number of nitrogens with one attached hydrogen (secondary N) is 1. The molecule has 0 saturated carbocycles. The highest BCUT2D eigenvalue weighted by Gasteiger charge is 2.17. The monoisotopic (exact) mass is 286 g/mol. The average Bonchev–Trinajstić information content (AvgIpc) is 2.48. The van der Waals surface area contributed by atoms with E-state index in [9.17, 15) is 9.18 Å². The highest BCUT2D eigenvalue weighted by molar-refractivity contribution is 5.82. The van der Waals surface area contributed by atoms with Crippen molar-refractivity contribution < 1.29 is 9.18 Å². The van der Waals surface area contributed by atoms with Gasteiger partial charge in [-0.15, -0.1) is 0 Å². The zero-order valence-corrected chi connectivity index (χ0v) is 11.9. The summed E-state index contributed by atoms with van der Waals surface area (Å²) >= 11 is 0. The van der Waals surface area contributed by atoms with Crippen LogP contribution in [0.4, 0.5) is 4.39 Å². The molecule has 0 aliphatic rings. The lowest BCUT2D eigenvalue weighted by Gasteiger charge is -2.18. The smallest absolute Gasteiger partial charge is 0.237 e. The Labute approximate surface area is 124 Å². The van der Waals surface area contributed by atoms with Crippen LogP contribution in [-0.4, -0.2) is 11.9 Å². The van der Waals surface area contributed by atoms with Crippen molar-refractivity contribution in [2.24, 2.45) is 5.73 Å². The van der Waals surface area contributed by atoms with Crippen molar-refractivity contribution in [3.63, 3.8) is 0 Å². The Morgan fingerprint density at radius 3 is 2.38 bits per heavy atom. The summed E-state index contributed by atoms with van der Waals surface area (Å²) in [7, 11) is 0. The minimum Gasteiger partial charge on any atom is -0.348 e. The maximum atomic E-state index is 12.9. The van der Waals surface area contributed by atoms with Gasteiger partial charge in [-0.05, 0) is 36.6 Å². The third kappa shape index (κ3) is 4.39. The fourth-order valence-corrected chi connectivity index (χ4v) is 2.12. The van der Waals surface area contributed by atoms with E-state index in [4.69, 9.17) is 5.73 Å². The van der Waals surface area contributed by atoms with Crippen LogP contribution < -0.4 is 11.1 Å². The Bertz CT molecular complexity index is 583. The minimum atomic E-state index is -0.602. The maximum absolute atomic E-state index is 12.9. The predicted octanol–water partition coefficient (Wildman–Crippen LogP) is 2.57. The molecule has 2 atom stereocenters. The van der Waals surface area contributed by atoms with Crippen LogP contribution in [0.1, 0.15) is 24.1 Å². The first-order chi connectivity index (χ1) is 10.1. The largest absolute Gasteiger partial charge is 0.348 e. The van der Waals surface area contributed by atoms with Gasteiger partial charge in [-0.1, -0.05) is 42.5 Å². The molecule has 21 heavy (non-hydrogen) atoms. The Hall–Kier alpha value is -2.20. The highest BCUT2D eigenvalue weighted by atomic mass is 19.1. The van der Waals surface area contributed by atoms with E-state index in [1.807, 2.05) is 37.3 Å². The van der Waals surface area contributed by atoms with E-state index in [1.54, 1.807) is 12.1 Å². The predicted molar refractivity (Wildman–Crippen MR) is 81.1 cm³/mol. The first-order valence-corrected chi connectivity index (χ1v) is 6.91. The average molecular weight is 286 g/mol. The summed E-state index contributed by atoms with van der Waals surface area (Å²) in [5.74, 6) is -0.506. The van der Waals surface area contributed by atoms with Gasteiger partial charge in [0.15, 0.2) is 0 Å². The van der Waals surface area contributed by atoms with Gasteiger partial charge in [-0.25, -0.2) is 4.39 Å². The van der Waals surface area contributed by atoms with Crippen LogP contribution in [0.3, 0.4) is 0 Å². The van der Waals surface area contributed by atoms with Crippen molar-refractivity contribution in [1.82, 2.24) is 5.32 Å². The van der Waals surface area contributed by atoms with Gasteiger partial charge in [0.1, 0.15) is 5.82 Å². The van der Waals surface area contributed by atoms with Crippen molar-refractivity contribution in [3.05, 3.63) is 71.5 Å². The number of hydrogen-bond acceptors (Lipinski definition) is 2. The van der Waals surface area contributed by atoms with Crippen molar-refractivity contribution in [1.29, 1.82) is 0 Å². The van der Waals surface area contributed by atoms with Crippen LogP contribution in [0.2, 0.25) is 0 Å². The quantitative estimate of drug-likeness (QED) is 0.887. The molecule has 2 aromatic rings. The van der Waals surface area contributed by atoms with E-state index in [2.05, 4.69) is 5.32 Å². The topological polar surface area (TPSA) is 55.1 Å². The second-order valence-electron chi connectivity index (χ2n) is 5.08. The lowest BCUT2D eigenvalue weighted by molar-refractivity contribution is -0.123. The molecule has 3 nitrogen and oxygen atoms in total. The van der Waals surface area contributed by atoms with Gasteiger partial charge in [0.25, 0.3) is 0 Å². The van der Waals surface area contributed by atoms with Crippen LogP contribution in [0.25, 0.3) is 0 Å². The second kappa shape index (κ2) is 6.99. The molecule has 0 aromatic heterocycles. The number of halogens is 1. The zero-order chi connectivity index (χ0) is 15.2. The first-order valence-electron chi connectivity index (χ1n) is 6.91. The molecule has 0 aliphatic carbocycles. The Balaban J connectivity index is 1.92. The third-order valence-corrected chi connectivity index (χ3v) is 3.36. The van der Waals surface area contributed by atoms with Crippen molar-refractivity contribution in [2.75, 3.05) is 0 Å². The van der Waals surface area contributed by atoms with Gasteiger partial charge in [0, 0.05) is 0 Å². The molecule has 0 heterocycles. The van der Waals surface area contributed by atoms with Crippen molar-refractivity contribution in [3.8, 4) is 0 Å². The Kier molecular flexibility index (Phi) is 5.06. The van der Waals surface area contributed by atoms with Gasteiger partial charge >= 0.3 is 0 Å². The Morgan fingerprint density at radius 2 is 1.76 bits per heavy atom. The van der Waals surface area contributed by atoms with E-state index in [0.29, 0.717) is 6.42 Å². The molecule has 0 fully saturated rings. The van der Waals surface area contributed by atoms with E-state index >= 15 is 0 Å². The number of carbonyl (C=O) groups is 1. The standard InChI is InChI=1S/C17H19FN2O/c1-12(14-7-9-15(18)10-8-14)20-17(21)16(19)11-13-5-3-2-4-6-13/h2-10,12,16H,11,19H2,1H3,(H,20,21)/t12-,16-/m1/s1. The molecular formula is C17H19FN2O. The molecule has 1 amide bonds. The summed E-state index contributed by atoms with van der Waals surface area (Å²) < 4.78 is 12.9. The van der Waals surface area contributed by atoms with Gasteiger partial charge in [-0.3, -0.25) is 4.79 Å². The van der Waals surface area contributed by atoms with Gasteiger partial charge in [0.2, 0.25) is 5.91 Å². The molecule has 0 bridgehead atoms. The Morgan fingerprint density at radius 1 is 1.14 bits per heavy atom. The van der Waals surface area contributed by atoms with Gasteiger partial charge in [0.05, 0.1) is 12.1 Å². The summed E-state index contributed by atoms with van der Waals surface area (Å²) in [6.07, 6.45) is 0.489. The van der Waals surface area contributed by atoms with E-state index in [0.717, 1.165) is 11.1 Å². The second-order valence-corrected chi connectivity index (χ2v) is 5.08. The van der Waals surface area contributed by atoms with Crippen molar-refractivity contribution >= 4 is 5.91 Å². The minimum absolute atomic E-state index is 0.208. The summed E-state index contributed by atoms with van der Waals surface area (Å²) in [6.45, 7) is 1.85. The lowest BCUT2D eigenvalue weighted by Crippen LogP contribution is -2.42. The maximum Gasteiger partial charge on any atom is 0.237 e. The van der Waals surface area contributed by atoms with Crippen LogP contribution in [0.5, 0.6) is 0 Å². The van der Waals surface area contributed by atoms with Crippen LogP contribution >= 0.6 is 0 Å². The number of carbonyl (C=O) groups excluding carboxylic acids is 1. The molecule has 4 heteroatoms. The molecule has 0 unspecified atom stereocenters. The van der Waals surface area contributed by atoms with Crippen LogP contribution in [0.15, 0.2) is 54.6 Å². The van der Waals surface area contributed by atoms with Gasteiger partial charge in [-0.2, -0.15) is 0 Å². The molecular weight excluding hydrogens is 267 g/mol. The molecule has 110 valence electrons. The van der Waals surface area contributed by atoms with Crippen LogP contribution in [-0.2, 0) is 11.2 Å². The van der Waals surface area contributed by atoms with Gasteiger partial charge < -0.3 is 11.1 Å². The molecule has 0 spiro atoms. The SMILES string of the molecule is C[C@@H](NC(=O)[C@H](N)Cc1ccccc1)c1ccc(F)cc1. The van der Waals surface area contributed by atoms with Crippen molar-refractivity contribution in [2.45, 2.75) is 25.4 Å². The third-order valence-electron chi connectivity index (χ3n) is 3.36. The molecule has 0 aliphatic heterocycles. The summed E-state index contributed by atoms with van der Waals surface area (Å²) in [4.78, 5) is 12.1. The number of nitrogens with two attached hydrogens (primary N) is 1. The molecule has 0 saturated heterocycles. The number of amides is 1. The first kappa shape index (κ1) is 15.2. The lowest BCUT2D eigenvalue weighted by atomic mass is 10.0. The summed E-state index contributed by atoms with van der Waals surface area (Å²) in [6, 6.07) is 14.9.